The molecular weight excluding hydrogens is 284 g/mol. The molecule has 114 valence electrons. The highest BCUT2D eigenvalue weighted by molar-refractivity contribution is 7.89. The quantitative estimate of drug-likeness (QED) is 0.524. The fourth-order valence-corrected chi connectivity index (χ4v) is 3.83. The number of hydrogen-bond donors (Lipinski definition) is 1. The molecule has 0 radical (unpaired) electrons. The van der Waals surface area contributed by atoms with E-state index >= 15 is 0 Å². The fourth-order valence-electron chi connectivity index (χ4n) is 2.38. The third kappa shape index (κ3) is 8.12. The number of rotatable bonds is 9. The maximum absolute atomic E-state index is 11.7. The summed E-state index contributed by atoms with van der Waals surface area (Å²) in [5, 5.41) is 0. The highest BCUT2D eigenvalue weighted by Gasteiger charge is 2.16. The van der Waals surface area contributed by atoms with Gasteiger partial charge < -0.3 is 4.90 Å². The maximum atomic E-state index is 11.7. The van der Waals surface area contributed by atoms with Crippen LogP contribution in [0.5, 0.6) is 0 Å². The molecule has 0 aromatic heterocycles. The van der Waals surface area contributed by atoms with Crippen LogP contribution in [0.1, 0.15) is 39.0 Å². The monoisotopic (exact) mass is 310 g/mol. The van der Waals surface area contributed by atoms with Crippen LogP contribution >= 0.6 is 11.6 Å². The van der Waals surface area contributed by atoms with Crippen LogP contribution in [0.25, 0.3) is 0 Å². The molecule has 4 nitrogen and oxygen atoms in total. The van der Waals surface area contributed by atoms with E-state index in [4.69, 9.17) is 11.6 Å². The van der Waals surface area contributed by atoms with Crippen molar-refractivity contribution in [1.29, 1.82) is 0 Å². The molecule has 0 spiro atoms. The Kier molecular flexibility index (Phi) is 8.30. The zero-order chi connectivity index (χ0) is 14.1. The minimum atomic E-state index is -3.12. The van der Waals surface area contributed by atoms with Gasteiger partial charge in [0.2, 0.25) is 10.0 Å². The number of alkyl halides is 1. The topological polar surface area (TPSA) is 49.4 Å². The van der Waals surface area contributed by atoms with E-state index in [9.17, 15) is 8.42 Å². The summed E-state index contributed by atoms with van der Waals surface area (Å²) >= 11 is 5.55. The van der Waals surface area contributed by atoms with Crippen molar-refractivity contribution >= 4 is 21.6 Å². The van der Waals surface area contributed by atoms with Crippen LogP contribution in [0.4, 0.5) is 0 Å². The first-order chi connectivity index (χ1) is 9.03. The van der Waals surface area contributed by atoms with Crippen LogP contribution in [0, 0.1) is 5.92 Å². The molecule has 0 aromatic rings. The molecule has 1 saturated heterocycles. The van der Waals surface area contributed by atoms with Gasteiger partial charge in [-0.05, 0) is 44.7 Å². The molecule has 1 fully saturated rings. The van der Waals surface area contributed by atoms with Gasteiger partial charge in [-0.15, -0.1) is 11.6 Å². The van der Waals surface area contributed by atoms with Gasteiger partial charge in [-0.25, -0.2) is 13.1 Å². The average Bonchev–Trinajstić information content (AvgIpc) is 2.38. The lowest BCUT2D eigenvalue weighted by molar-refractivity contribution is 0.201. The Balaban J connectivity index is 2.18. The molecular formula is C13H27ClN2O2S. The third-order valence-corrected chi connectivity index (χ3v) is 5.17. The van der Waals surface area contributed by atoms with Crippen LogP contribution in [0.15, 0.2) is 0 Å². The molecule has 1 atom stereocenters. The van der Waals surface area contributed by atoms with Gasteiger partial charge in [0.1, 0.15) is 0 Å². The zero-order valence-electron chi connectivity index (χ0n) is 11.9. The van der Waals surface area contributed by atoms with Crippen LogP contribution < -0.4 is 4.72 Å². The van der Waals surface area contributed by atoms with Crippen molar-refractivity contribution in [3.05, 3.63) is 0 Å². The van der Waals surface area contributed by atoms with E-state index in [1.807, 2.05) is 0 Å². The number of halogens is 1. The molecule has 0 aromatic carbocycles. The molecule has 1 unspecified atom stereocenters. The Labute approximate surface area is 122 Å². The van der Waals surface area contributed by atoms with E-state index in [1.165, 1.54) is 19.3 Å². The fraction of sp³-hybridized carbons (Fsp3) is 1.00. The van der Waals surface area contributed by atoms with Crippen LogP contribution in [-0.2, 0) is 10.0 Å². The second kappa shape index (κ2) is 9.16. The normalized spacial score (nSPS) is 19.5. The number of nitrogens with zero attached hydrogens (tertiary/aromatic N) is 1. The minimum absolute atomic E-state index is 0.191. The summed E-state index contributed by atoms with van der Waals surface area (Å²) in [6.45, 7) is 5.96. The predicted octanol–water partition coefficient (Wildman–Crippen LogP) is 2.05. The summed E-state index contributed by atoms with van der Waals surface area (Å²) in [7, 11) is -3.12. The molecule has 1 aliphatic rings. The summed E-state index contributed by atoms with van der Waals surface area (Å²) < 4.78 is 26.2. The summed E-state index contributed by atoms with van der Waals surface area (Å²) in [5.74, 6) is 1.08. The molecule has 0 saturated carbocycles. The molecule has 0 aliphatic carbocycles. The summed E-state index contributed by atoms with van der Waals surface area (Å²) in [6, 6.07) is 0. The maximum Gasteiger partial charge on any atom is 0.211 e. The molecule has 1 heterocycles. The van der Waals surface area contributed by atoms with Gasteiger partial charge in [0.25, 0.3) is 0 Å². The SMILES string of the molecule is CC(CNS(=O)(=O)CCCCCl)CN1CCCCC1. The number of unbranched alkanes of at least 4 members (excludes halogenated alkanes) is 1. The van der Waals surface area contributed by atoms with Gasteiger partial charge in [-0.3, -0.25) is 0 Å². The number of piperidine rings is 1. The molecule has 19 heavy (non-hydrogen) atoms. The standard InChI is InChI=1S/C13H27ClN2O2S/c1-13(12-16-8-4-2-5-9-16)11-15-19(17,18)10-6-3-7-14/h13,15H,2-12H2,1H3. The molecule has 0 amide bonds. The number of sulfonamides is 1. The Morgan fingerprint density at radius 2 is 1.89 bits per heavy atom. The van der Waals surface area contributed by atoms with Gasteiger partial charge in [-0.2, -0.15) is 0 Å². The van der Waals surface area contributed by atoms with E-state index in [1.54, 1.807) is 0 Å². The van der Waals surface area contributed by atoms with Crippen molar-refractivity contribution in [2.75, 3.05) is 37.8 Å². The number of hydrogen-bond acceptors (Lipinski definition) is 3. The first kappa shape index (κ1) is 17.2. The highest BCUT2D eigenvalue weighted by Crippen LogP contribution is 2.10. The summed E-state index contributed by atoms with van der Waals surface area (Å²) in [4.78, 5) is 2.44. The van der Waals surface area contributed by atoms with E-state index in [-0.39, 0.29) is 5.75 Å². The van der Waals surface area contributed by atoms with Crippen LogP contribution in [-0.4, -0.2) is 51.1 Å². The average molecular weight is 311 g/mol. The van der Waals surface area contributed by atoms with Gasteiger partial charge in [-0.1, -0.05) is 13.3 Å². The van der Waals surface area contributed by atoms with Gasteiger partial charge in [0.05, 0.1) is 5.75 Å². The lowest BCUT2D eigenvalue weighted by atomic mass is 10.1. The van der Waals surface area contributed by atoms with Crippen LogP contribution in [0.3, 0.4) is 0 Å². The number of nitrogens with one attached hydrogen (secondary N) is 1. The molecule has 1 rings (SSSR count). The Morgan fingerprint density at radius 3 is 2.53 bits per heavy atom. The lowest BCUT2D eigenvalue weighted by Crippen LogP contribution is -2.38. The molecule has 6 heteroatoms. The van der Waals surface area contributed by atoms with E-state index in [0.29, 0.717) is 24.8 Å². The van der Waals surface area contributed by atoms with Crippen molar-refractivity contribution in [2.24, 2.45) is 5.92 Å². The molecule has 1 N–H and O–H groups in total. The first-order valence-electron chi connectivity index (χ1n) is 7.29. The highest BCUT2D eigenvalue weighted by atomic mass is 35.5. The minimum Gasteiger partial charge on any atom is -0.303 e. The van der Waals surface area contributed by atoms with Crippen molar-refractivity contribution < 1.29 is 8.42 Å². The second-order valence-corrected chi connectivity index (χ2v) is 7.83. The van der Waals surface area contributed by atoms with Crippen molar-refractivity contribution in [3.8, 4) is 0 Å². The first-order valence-corrected chi connectivity index (χ1v) is 9.48. The van der Waals surface area contributed by atoms with Gasteiger partial charge >= 0.3 is 0 Å². The van der Waals surface area contributed by atoms with Crippen molar-refractivity contribution in [3.63, 3.8) is 0 Å². The van der Waals surface area contributed by atoms with E-state index in [0.717, 1.165) is 26.1 Å². The summed E-state index contributed by atoms with van der Waals surface area (Å²) in [6.07, 6.45) is 5.27. The Hall–Kier alpha value is 0.160. The van der Waals surface area contributed by atoms with Crippen molar-refractivity contribution in [2.45, 2.75) is 39.0 Å². The largest absolute Gasteiger partial charge is 0.303 e. The lowest BCUT2D eigenvalue weighted by Gasteiger charge is -2.29. The Bertz CT molecular complexity index is 330. The number of likely N-dealkylation sites (tertiary alicyclic amines) is 1. The zero-order valence-corrected chi connectivity index (χ0v) is 13.5. The summed E-state index contributed by atoms with van der Waals surface area (Å²) in [5.41, 5.74) is 0. The molecule has 1 aliphatic heterocycles. The van der Waals surface area contributed by atoms with Crippen LogP contribution in [0.2, 0.25) is 0 Å². The predicted molar refractivity (Wildman–Crippen MR) is 81.2 cm³/mol. The smallest absolute Gasteiger partial charge is 0.211 e. The van der Waals surface area contributed by atoms with Gasteiger partial charge in [0, 0.05) is 19.0 Å². The Morgan fingerprint density at radius 1 is 1.21 bits per heavy atom. The van der Waals surface area contributed by atoms with E-state index < -0.39 is 10.0 Å². The second-order valence-electron chi connectivity index (χ2n) is 5.53. The van der Waals surface area contributed by atoms with Crippen molar-refractivity contribution in [1.82, 2.24) is 9.62 Å². The van der Waals surface area contributed by atoms with E-state index in [2.05, 4.69) is 16.5 Å². The van der Waals surface area contributed by atoms with Gasteiger partial charge in [0.15, 0.2) is 0 Å². The third-order valence-electron chi connectivity index (χ3n) is 3.47. The molecule has 0 bridgehead atoms.